The maximum atomic E-state index is 13.3. The van der Waals surface area contributed by atoms with Gasteiger partial charge in [-0.05, 0) is 81.6 Å². The van der Waals surface area contributed by atoms with Gasteiger partial charge in [-0.1, -0.05) is 29.8 Å². The predicted octanol–water partition coefficient (Wildman–Crippen LogP) is 7.25. The summed E-state index contributed by atoms with van der Waals surface area (Å²) in [5.41, 5.74) is 6.25. The van der Waals surface area contributed by atoms with Crippen molar-refractivity contribution in [1.82, 2.24) is 10.3 Å². The first-order chi connectivity index (χ1) is 18.1. The normalized spacial score (nSPS) is 13.9. The van der Waals surface area contributed by atoms with Gasteiger partial charge in [0, 0.05) is 33.8 Å². The summed E-state index contributed by atoms with van der Waals surface area (Å²) in [5.74, 6) is -0.481. The van der Waals surface area contributed by atoms with E-state index in [1.54, 1.807) is 18.3 Å². The number of carbonyl (C=O) groups is 2. The van der Waals surface area contributed by atoms with Gasteiger partial charge in [0.2, 0.25) is 0 Å². The van der Waals surface area contributed by atoms with Crippen LogP contribution in [0.25, 0.3) is 31.9 Å². The highest BCUT2D eigenvalue weighted by Crippen LogP contribution is 2.44. The predicted molar refractivity (Wildman–Crippen MR) is 152 cm³/mol. The summed E-state index contributed by atoms with van der Waals surface area (Å²) in [6.45, 7) is 10.3. The summed E-state index contributed by atoms with van der Waals surface area (Å²) in [4.78, 5) is 30.3. The highest BCUT2D eigenvalue weighted by molar-refractivity contribution is 7.22. The first-order valence-corrected chi connectivity index (χ1v) is 13.7. The third-order valence-electron chi connectivity index (χ3n) is 6.33. The first kappa shape index (κ1) is 26.4. The fourth-order valence-electron chi connectivity index (χ4n) is 4.74. The maximum Gasteiger partial charge on any atom is 0.339 e. The fourth-order valence-corrected chi connectivity index (χ4v) is 5.98. The van der Waals surface area contributed by atoms with E-state index in [-0.39, 0.29) is 12.5 Å². The summed E-state index contributed by atoms with van der Waals surface area (Å²) in [5, 5.41) is 4.32. The average molecular weight is 549 g/mol. The van der Waals surface area contributed by atoms with Crippen molar-refractivity contribution >= 4 is 45.0 Å². The molecule has 5 rings (SSSR count). The molecular formula is C30H29ClN2O4S. The van der Waals surface area contributed by atoms with Crippen molar-refractivity contribution in [2.45, 2.75) is 52.9 Å². The number of hydrogen-bond donors (Lipinski definition) is 1. The van der Waals surface area contributed by atoms with Gasteiger partial charge in [0.15, 0.2) is 6.10 Å². The molecule has 0 fully saturated rings. The van der Waals surface area contributed by atoms with Crippen molar-refractivity contribution in [3.8, 4) is 21.7 Å². The van der Waals surface area contributed by atoms with Crippen LogP contribution in [0.2, 0.25) is 5.02 Å². The molecule has 1 atom stereocenters. The smallest absolute Gasteiger partial charge is 0.339 e. The molecule has 6 nitrogen and oxygen atoms in total. The van der Waals surface area contributed by atoms with Gasteiger partial charge in [0.05, 0.1) is 22.4 Å². The molecule has 0 aliphatic carbocycles. The molecule has 3 aromatic carbocycles. The Hall–Kier alpha value is -3.26. The molecule has 2 heterocycles. The number of nitrogens with one attached hydrogen (secondary N) is 1. The van der Waals surface area contributed by atoms with E-state index < -0.39 is 17.7 Å². The molecule has 0 bridgehead atoms. The molecule has 1 aromatic heterocycles. The molecule has 0 saturated heterocycles. The van der Waals surface area contributed by atoms with E-state index >= 15 is 0 Å². The van der Waals surface area contributed by atoms with Crippen LogP contribution in [0.1, 0.15) is 60.8 Å². The lowest BCUT2D eigenvalue weighted by molar-refractivity contribution is -0.166. The summed E-state index contributed by atoms with van der Waals surface area (Å²) in [6.07, 6.45) is -0.923. The first-order valence-electron chi connectivity index (χ1n) is 12.5. The third kappa shape index (κ3) is 5.06. The van der Waals surface area contributed by atoms with Gasteiger partial charge in [0.1, 0.15) is 5.01 Å². The second-order valence-corrected chi connectivity index (χ2v) is 11.7. The van der Waals surface area contributed by atoms with E-state index in [1.165, 1.54) is 0 Å². The SMILES string of the molecule is CCOC(=O)[C@@H](OC(C)(C)C)c1c(C)cc2nc(-c3ccc4c(c3)CNC4=O)sc2c1-c1ccc(Cl)cc1. The minimum Gasteiger partial charge on any atom is -0.464 e. The van der Waals surface area contributed by atoms with Crippen LogP contribution in [-0.2, 0) is 20.8 Å². The lowest BCUT2D eigenvalue weighted by atomic mass is 9.91. The number of thiazole rings is 1. The summed E-state index contributed by atoms with van der Waals surface area (Å²) in [6, 6.07) is 15.4. The Kier molecular flexibility index (Phi) is 7.03. The van der Waals surface area contributed by atoms with Crippen LogP contribution < -0.4 is 5.32 Å². The van der Waals surface area contributed by atoms with Gasteiger partial charge in [-0.25, -0.2) is 9.78 Å². The second kappa shape index (κ2) is 10.1. The number of fused-ring (bicyclic) bond motifs is 2. The number of aryl methyl sites for hydroxylation is 1. The minimum atomic E-state index is -0.923. The molecule has 1 aliphatic heterocycles. The minimum absolute atomic E-state index is 0.0509. The molecule has 0 radical (unpaired) electrons. The summed E-state index contributed by atoms with van der Waals surface area (Å²) >= 11 is 7.78. The number of carbonyl (C=O) groups excluding carboxylic acids is 2. The fraction of sp³-hybridized carbons (Fsp3) is 0.300. The quantitative estimate of drug-likeness (QED) is 0.257. The van der Waals surface area contributed by atoms with Gasteiger partial charge >= 0.3 is 5.97 Å². The van der Waals surface area contributed by atoms with Crippen LogP contribution >= 0.6 is 22.9 Å². The molecule has 38 heavy (non-hydrogen) atoms. The van der Waals surface area contributed by atoms with Gasteiger partial charge in [-0.3, -0.25) is 4.79 Å². The van der Waals surface area contributed by atoms with Crippen LogP contribution in [0, 0.1) is 6.92 Å². The van der Waals surface area contributed by atoms with Gasteiger partial charge in [0.25, 0.3) is 5.91 Å². The Balaban J connectivity index is 1.75. The average Bonchev–Trinajstić information content (AvgIpc) is 3.45. The van der Waals surface area contributed by atoms with Crippen molar-refractivity contribution in [3.63, 3.8) is 0 Å². The Labute approximate surface area is 230 Å². The van der Waals surface area contributed by atoms with Crippen molar-refractivity contribution < 1.29 is 19.1 Å². The van der Waals surface area contributed by atoms with E-state index in [1.807, 2.05) is 76.2 Å². The maximum absolute atomic E-state index is 13.3. The molecule has 1 aliphatic rings. The van der Waals surface area contributed by atoms with Gasteiger partial charge < -0.3 is 14.8 Å². The van der Waals surface area contributed by atoms with Crippen molar-refractivity contribution in [2.75, 3.05) is 6.61 Å². The number of benzene rings is 3. The molecular weight excluding hydrogens is 520 g/mol. The number of nitrogens with zero attached hydrogens (tertiary/aromatic N) is 1. The number of rotatable bonds is 6. The summed E-state index contributed by atoms with van der Waals surface area (Å²) in [7, 11) is 0. The van der Waals surface area contributed by atoms with Crippen molar-refractivity contribution in [3.05, 3.63) is 75.8 Å². The Morgan fingerprint density at radius 3 is 2.53 bits per heavy atom. The molecule has 0 unspecified atom stereocenters. The lowest BCUT2D eigenvalue weighted by Crippen LogP contribution is -2.29. The highest BCUT2D eigenvalue weighted by atomic mass is 35.5. The largest absolute Gasteiger partial charge is 0.464 e. The molecule has 0 spiro atoms. The van der Waals surface area contributed by atoms with E-state index in [2.05, 4.69) is 5.32 Å². The zero-order chi connectivity index (χ0) is 27.2. The monoisotopic (exact) mass is 548 g/mol. The third-order valence-corrected chi connectivity index (χ3v) is 7.72. The molecule has 0 saturated carbocycles. The zero-order valence-corrected chi connectivity index (χ0v) is 23.5. The topological polar surface area (TPSA) is 77.5 Å². The van der Waals surface area contributed by atoms with E-state index in [0.29, 0.717) is 17.1 Å². The van der Waals surface area contributed by atoms with Crippen LogP contribution in [0.15, 0.2) is 48.5 Å². The number of halogens is 1. The van der Waals surface area contributed by atoms with Gasteiger partial charge in [-0.15, -0.1) is 11.3 Å². The van der Waals surface area contributed by atoms with Crippen molar-refractivity contribution in [2.24, 2.45) is 0 Å². The number of hydrogen-bond acceptors (Lipinski definition) is 6. The van der Waals surface area contributed by atoms with Crippen molar-refractivity contribution in [1.29, 1.82) is 0 Å². The lowest BCUT2D eigenvalue weighted by Gasteiger charge is -2.29. The van der Waals surface area contributed by atoms with E-state index in [0.717, 1.165) is 48.6 Å². The summed E-state index contributed by atoms with van der Waals surface area (Å²) < 4.78 is 12.8. The Bertz CT molecular complexity index is 1550. The number of ether oxygens (including phenoxy) is 2. The number of aromatic nitrogens is 1. The second-order valence-electron chi connectivity index (χ2n) is 10.3. The molecule has 8 heteroatoms. The number of amides is 1. The Morgan fingerprint density at radius 1 is 1.13 bits per heavy atom. The van der Waals surface area contributed by atoms with E-state index in [4.69, 9.17) is 26.1 Å². The van der Waals surface area contributed by atoms with Crippen LogP contribution in [0.4, 0.5) is 0 Å². The van der Waals surface area contributed by atoms with Crippen LogP contribution in [0.3, 0.4) is 0 Å². The highest BCUT2D eigenvalue weighted by Gasteiger charge is 2.33. The Morgan fingerprint density at radius 2 is 1.84 bits per heavy atom. The molecule has 196 valence electrons. The van der Waals surface area contributed by atoms with E-state index in [9.17, 15) is 9.59 Å². The molecule has 1 N–H and O–H groups in total. The molecule has 1 amide bonds. The van der Waals surface area contributed by atoms with Crippen LogP contribution in [-0.4, -0.2) is 29.1 Å². The van der Waals surface area contributed by atoms with Gasteiger partial charge in [-0.2, -0.15) is 0 Å². The standard InChI is InChI=1S/C30H29ClN2O4S/c1-6-36-29(35)25(37-30(3,4)5)23-16(2)13-22-26(24(23)17-7-10-20(31)11-8-17)38-28(33-22)18-9-12-21-19(14-18)15-32-27(21)34/h7-14,25H,6,15H2,1-5H3,(H,32,34)/t25-/m0/s1. The zero-order valence-electron chi connectivity index (χ0n) is 22.0. The van der Waals surface area contributed by atoms with Crippen LogP contribution in [0.5, 0.6) is 0 Å². The molecule has 4 aromatic rings. The number of esters is 1.